The summed E-state index contributed by atoms with van der Waals surface area (Å²) >= 11 is 1.06. The Morgan fingerprint density at radius 1 is 1.67 bits per heavy atom. The average molecular weight is 227 g/mol. The summed E-state index contributed by atoms with van der Waals surface area (Å²) in [5.74, 6) is -0.447. The number of anilines is 1. The van der Waals surface area contributed by atoms with Crippen molar-refractivity contribution in [1.29, 1.82) is 0 Å². The quantitative estimate of drug-likeness (QED) is 0.561. The molecule has 15 heavy (non-hydrogen) atoms. The molecule has 9 nitrogen and oxygen atoms in total. The number of nitrogen functional groups attached to an aromatic ring is 1. The van der Waals surface area contributed by atoms with Gasteiger partial charge in [-0.25, -0.2) is 0 Å². The van der Waals surface area contributed by atoms with E-state index < -0.39 is 10.9 Å². The third-order valence-corrected chi connectivity index (χ3v) is 2.18. The maximum Gasteiger partial charge on any atom is 0.490 e. The first-order valence-corrected chi connectivity index (χ1v) is 4.54. The maximum absolute atomic E-state index is 10.3. The van der Waals surface area contributed by atoms with Crippen molar-refractivity contribution in [1.82, 2.24) is 24.4 Å². The van der Waals surface area contributed by atoms with E-state index in [-0.39, 0.29) is 6.54 Å². The molecule has 78 valence electrons. The molecule has 0 aliphatic heterocycles. The van der Waals surface area contributed by atoms with E-state index in [9.17, 15) is 10.1 Å². The van der Waals surface area contributed by atoms with Crippen molar-refractivity contribution in [3.05, 3.63) is 22.1 Å². The second-order valence-corrected chi connectivity index (χ2v) is 3.37. The predicted molar refractivity (Wildman–Crippen MR) is 50.1 cm³/mol. The minimum absolute atomic E-state index is 0.225. The van der Waals surface area contributed by atoms with Crippen LogP contribution in [0.3, 0.4) is 0 Å². The van der Waals surface area contributed by atoms with Crippen LogP contribution < -0.4 is 5.73 Å². The van der Waals surface area contributed by atoms with Gasteiger partial charge >= 0.3 is 5.95 Å². The van der Waals surface area contributed by atoms with Crippen LogP contribution in [0.2, 0.25) is 0 Å². The van der Waals surface area contributed by atoms with E-state index in [0.29, 0.717) is 10.7 Å². The van der Waals surface area contributed by atoms with Crippen LogP contribution in [0.25, 0.3) is 0 Å². The van der Waals surface area contributed by atoms with Crippen LogP contribution >= 0.6 is 11.5 Å². The van der Waals surface area contributed by atoms with Crippen molar-refractivity contribution in [3.63, 3.8) is 0 Å². The molecule has 0 aliphatic carbocycles. The molecule has 0 bridgehead atoms. The highest BCUT2D eigenvalue weighted by Crippen LogP contribution is 2.13. The first-order chi connectivity index (χ1) is 7.16. The van der Waals surface area contributed by atoms with E-state index in [1.807, 2.05) is 0 Å². The average Bonchev–Trinajstić information content (AvgIpc) is 2.77. The van der Waals surface area contributed by atoms with Crippen molar-refractivity contribution in [2.24, 2.45) is 0 Å². The van der Waals surface area contributed by atoms with E-state index in [4.69, 9.17) is 5.73 Å². The van der Waals surface area contributed by atoms with Gasteiger partial charge in [0.2, 0.25) is 6.33 Å². The van der Waals surface area contributed by atoms with Crippen LogP contribution in [0.15, 0.2) is 6.33 Å². The molecule has 2 aromatic heterocycles. The Kier molecular flexibility index (Phi) is 2.25. The first kappa shape index (κ1) is 9.45. The Morgan fingerprint density at radius 3 is 3.00 bits per heavy atom. The SMILES string of the molecule is Nc1snnc1Cn1cnc([N+](=O)[O-])n1. The molecule has 0 amide bonds. The Balaban J connectivity index is 2.18. The van der Waals surface area contributed by atoms with Gasteiger partial charge in [0.05, 0.1) is 0 Å². The fraction of sp³-hybridized carbons (Fsp3) is 0.200. The zero-order valence-corrected chi connectivity index (χ0v) is 8.09. The maximum atomic E-state index is 10.3. The molecular formula is C5H5N7O2S. The van der Waals surface area contributed by atoms with Gasteiger partial charge in [0.25, 0.3) is 0 Å². The van der Waals surface area contributed by atoms with Crippen molar-refractivity contribution in [3.8, 4) is 0 Å². The predicted octanol–water partition coefficient (Wildman–Crippen LogP) is -0.332. The molecule has 0 spiro atoms. The number of nitrogens with zero attached hydrogens (tertiary/aromatic N) is 6. The number of hydrogen-bond donors (Lipinski definition) is 1. The van der Waals surface area contributed by atoms with Gasteiger partial charge < -0.3 is 15.8 Å². The minimum Gasteiger partial charge on any atom is -0.390 e. The van der Waals surface area contributed by atoms with Crippen LogP contribution in [-0.2, 0) is 6.54 Å². The summed E-state index contributed by atoms with van der Waals surface area (Å²) < 4.78 is 4.91. The lowest BCUT2D eigenvalue weighted by atomic mass is 10.5. The van der Waals surface area contributed by atoms with Crippen molar-refractivity contribution in [2.45, 2.75) is 6.54 Å². The van der Waals surface area contributed by atoms with Crippen molar-refractivity contribution < 1.29 is 4.92 Å². The topological polar surface area (TPSA) is 126 Å². The molecule has 0 saturated heterocycles. The van der Waals surface area contributed by atoms with E-state index >= 15 is 0 Å². The second kappa shape index (κ2) is 3.57. The van der Waals surface area contributed by atoms with Gasteiger partial charge in [-0.05, 0) is 4.92 Å². The number of nitrogens with two attached hydrogens (primary N) is 1. The van der Waals surface area contributed by atoms with Gasteiger partial charge in [0.1, 0.15) is 17.2 Å². The molecular weight excluding hydrogens is 222 g/mol. The van der Waals surface area contributed by atoms with Gasteiger partial charge in [0, 0.05) is 16.6 Å². The van der Waals surface area contributed by atoms with E-state index in [1.165, 1.54) is 11.0 Å². The first-order valence-electron chi connectivity index (χ1n) is 3.77. The molecule has 0 aliphatic rings. The van der Waals surface area contributed by atoms with Gasteiger partial charge in [0.15, 0.2) is 0 Å². The molecule has 2 rings (SSSR count). The summed E-state index contributed by atoms with van der Waals surface area (Å²) in [6.07, 6.45) is 1.25. The van der Waals surface area contributed by atoms with Gasteiger partial charge in [-0.1, -0.05) is 9.47 Å². The molecule has 0 aromatic carbocycles. The van der Waals surface area contributed by atoms with Crippen LogP contribution in [0.4, 0.5) is 10.9 Å². The molecule has 0 radical (unpaired) electrons. The van der Waals surface area contributed by atoms with Crippen LogP contribution in [0.1, 0.15) is 5.69 Å². The highest BCUT2D eigenvalue weighted by Gasteiger charge is 2.15. The van der Waals surface area contributed by atoms with E-state index in [0.717, 1.165) is 11.5 Å². The van der Waals surface area contributed by atoms with E-state index in [1.54, 1.807) is 0 Å². The van der Waals surface area contributed by atoms with Crippen molar-refractivity contribution in [2.75, 3.05) is 5.73 Å². The summed E-state index contributed by atoms with van der Waals surface area (Å²) in [7, 11) is 0. The fourth-order valence-electron chi connectivity index (χ4n) is 0.923. The third-order valence-electron chi connectivity index (χ3n) is 1.58. The van der Waals surface area contributed by atoms with Gasteiger partial charge in [-0.2, -0.15) is 4.68 Å². The number of hydrogen-bond acceptors (Lipinski definition) is 8. The van der Waals surface area contributed by atoms with Crippen LogP contribution in [-0.4, -0.2) is 29.3 Å². The van der Waals surface area contributed by atoms with Crippen LogP contribution in [0, 0.1) is 10.1 Å². The molecule has 2 N–H and O–H groups in total. The molecule has 2 aromatic rings. The highest BCUT2D eigenvalue weighted by atomic mass is 32.1. The molecule has 0 fully saturated rings. The molecule has 10 heteroatoms. The fourth-order valence-corrected chi connectivity index (χ4v) is 1.36. The summed E-state index contributed by atoms with van der Waals surface area (Å²) in [6, 6.07) is 0. The minimum atomic E-state index is -0.668. The molecule has 0 saturated carbocycles. The molecule has 2 heterocycles. The molecule has 0 unspecified atom stereocenters. The normalized spacial score (nSPS) is 10.4. The van der Waals surface area contributed by atoms with Gasteiger partial charge in [-0.3, -0.25) is 0 Å². The standard InChI is InChI=1S/C5H5N7O2S/c6-4-3(8-10-15-4)1-11-2-7-5(9-11)12(13)14/h2H,1,6H2. The lowest BCUT2D eigenvalue weighted by Crippen LogP contribution is -2.03. The monoisotopic (exact) mass is 227 g/mol. The number of aromatic nitrogens is 5. The largest absolute Gasteiger partial charge is 0.490 e. The summed E-state index contributed by atoms with van der Waals surface area (Å²) in [4.78, 5) is 13.1. The Hall–Kier alpha value is -2.10. The number of rotatable bonds is 3. The Bertz CT molecular complexity index is 491. The Labute approximate surface area is 86.9 Å². The smallest absolute Gasteiger partial charge is 0.390 e. The summed E-state index contributed by atoms with van der Waals surface area (Å²) in [6.45, 7) is 0.225. The summed E-state index contributed by atoms with van der Waals surface area (Å²) in [5.41, 5.74) is 6.08. The van der Waals surface area contributed by atoms with E-state index in [2.05, 4.69) is 19.7 Å². The highest BCUT2D eigenvalue weighted by molar-refractivity contribution is 7.09. The zero-order valence-electron chi connectivity index (χ0n) is 7.27. The van der Waals surface area contributed by atoms with Crippen LogP contribution in [0.5, 0.6) is 0 Å². The number of nitro groups is 1. The third kappa shape index (κ3) is 1.88. The zero-order chi connectivity index (χ0) is 10.8. The van der Waals surface area contributed by atoms with Crippen molar-refractivity contribution >= 4 is 22.5 Å². The summed E-state index contributed by atoms with van der Waals surface area (Å²) in [5, 5.41) is 18.1. The lowest BCUT2D eigenvalue weighted by Gasteiger charge is -1.91. The van der Waals surface area contributed by atoms with Gasteiger partial charge in [-0.15, -0.1) is 5.10 Å². The Morgan fingerprint density at radius 2 is 2.47 bits per heavy atom. The lowest BCUT2D eigenvalue weighted by molar-refractivity contribution is -0.394. The second-order valence-electron chi connectivity index (χ2n) is 2.58. The molecule has 0 atom stereocenters.